The zero-order chi connectivity index (χ0) is 20.4. The van der Waals surface area contributed by atoms with Crippen LogP contribution in [-0.2, 0) is 17.6 Å². The molecule has 4 rings (SSSR count). The van der Waals surface area contributed by atoms with Gasteiger partial charge in [-0.1, -0.05) is 12.1 Å². The third-order valence-electron chi connectivity index (χ3n) is 5.72. The minimum Gasteiger partial charge on any atom is -0.497 e. The van der Waals surface area contributed by atoms with Gasteiger partial charge in [0.25, 0.3) is 5.91 Å². The van der Waals surface area contributed by atoms with Crippen LogP contribution in [0.4, 0.5) is 0 Å². The molecule has 29 heavy (non-hydrogen) atoms. The molecule has 0 fully saturated rings. The fourth-order valence-corrected chi connectivity index (χ4v) is 4.35. The fourth-order valence-electron chi connectivity index (χ4n) is 4.35. The van der Waals surface area contributed by atoms with Gasteiger partial charge in [0, 0.05) is 12.0 Å². The van der Waals surface area contributed by atoms with Crippen LogP contribution in [0.25, 0.3) is 0 Å². The van der Waals surface area contributed by atoms with Crippen molar-refractivity contribution in [2.24, 2.45) is 0 Å². The average molecular weight is 395 g/mol. The highest BCUT2D eigenvalue weighted by molar-refractivity contribution is 5.78. The molecule has 1 heterocycles. The van der Waals surface area contributed by atoms with Crippen LogP contribution in [0.5, 0.6) is 17.2 Å². The number of ether oxygens (including phenoxy) is 3. The quantitative estimate of drug-likeness (QED) is 0.817. The lowest BCUT2D eigenvalue weighted by molar-refractivity contribution is -0.124. The standard InChI is InChI=1S/C24H29NO4/c1-24(2)14-20(19-13-17(27-3)11-12-22(19)29-24)25-23(26)15-28-21-10-6-8-16-7-4-5-9-18(16)21/h6,8,10-13,20H,4-5,7,9,14-15H2,1-3H3,(H,25,26)/t20-/m0/s1. The van der Waals surface area contributed by atoms with E-state index in [2.05, 4.69) is 11.4 Å². The fraction of sp³-hybridized carbons (Fsp3) is 0.458. The number of carbonyl (C=O) groups excluding carboxylic acids is 1. The lowest BCUT2D eigenvalue weighted by Crippen LogP contribution is -2.42. The van der Waals surface area contributed by atoms with Gasteiger partial charge in [-0.2, -0.15) is 0 Å². The molecule has 1 N–H and O–H groups in total. The highest BCUT2D eigenvalue weighted by Gasteiger charge is 2.35. The number of fused-ring (bicyclic) bond motifs is 2. The molecule has 154 valence electrons. The molecule has 2 aliphatic rings. The summed E-state index contributed by atoms with van der Waals surface area (Å²) < 4.78 is 17.4. The zero-order valence-corrected chi connectivity index (χ0v) is 17.4. The van der Waals surface area contributed by atoms with Gasteiger partial charge in [0.05, 0.1) is 13.2 Å². The Morgan fingerprint density at radius 3 is 2.86 bits per heavy atom. The summed E-state index contributed by atoms with van der Waals surface area (Å²) >= 11 is 0. The van der Waals surface area contributed by atoms with Crippen LogP contribution in [0, 0.1) is 0 Å². The molecule has 1 atom stereocenters. The minimum atomic E-state index is -0.362. The summed E-state index contributed by atoms with van der Waals surface area (Å²) in [6.45, 7) is 4.08. The van der Waals surface area contributed by atoms with Crippen molar-refractivity contribution in [2.75, 3.05) is 13.7 Å². The molecular formula is C24H29NO4. The van der Waals surface area contributed by atoms with Gasteiger partial charge in [-0.3, -0.25) is 4.79 Å². The molecule has 5 nitrogen and oxygen atoms in total. The molecule has 0 saturated heterocycles. The van der Waals surface area contributed by atoms with Crippen LogP contribution in [0.15, 0.2) is 36.4 Å². The van der Waals surface area contributed by atoms with E-state index in [0.717, 1.165) is 35.7 Å². The van der Waals surface area contributed by atoms with Crippen molar-refractivity contribution in [2.45, 2.75) is 57.6 Å². The molecule has 2 aromatic rings. The Bertz CT molecular complexity index is 906. The SMILES string of the molecule is COc1ccc2c(c1)[C@@H](NC(=O)COc1cccc3c1CCCC3)CC(C)(C)O2. The number of aryl methyl sites for hydroxylation is 1. The Kier molecular flexibility index (Phi) is 5.39. The van der Waals surface area contributed by atoms with Crippen LogP contribution >= 0.6 is 0 Å². The van der Waals surface area contributed by atoms with Crippen molar-refractivity contribution in [1.29, 1.82) is 0 Å². The van der Waals surface area contributed by atoms with E-state index in [9.17, 15) is 4.79 Å². The van der Waals surface area contributed by atoms with Gasteiger partial charge < -0.3 is 19.5 Å². The molecule has 5 heteroatoms. The van der Waals surface area contributed by atoms with E-state index >= 15 is 0 Å². The second-order valence-corrected chi connectivity index (χ2v) is 8.48. The van der Waals surface area contributed by atoms with Crippen molar-refractivity contribution in [3.63, 3.8) is 0 Å². The number of rotatable bonds is 5. The third kappa shape index (κ3) is 4.34. The molecule has 0 unspecified atom stereocenters. The summed E-state index contributed by atoms with van der Waals surface area (Å²) in [5.41, 5.74) is 3.18. The van der Waals surface area contributed by atoms with Crippen molar-refractivity contribution in [3.8, 4) is 17.2 Å². The lowest BCUT2D eigenvalue weighted by Gasteiger charge is -2.38. The first-order valence-corrected chi connectivity index (χ1v) is 10.3. The van der Waals surface area contributed by atoms with Crippen molar-refractivity contribution >= 4 is 5.91 Å². The summed E-state index contributed by atoms with van der Waals surface area (Å²) in [6, 6.07) is 11.7. The van der Waals surface area contributed by atoms with Gasteiger partial charge in [-0.25, -0.2) is 0 Å². The maximum absolute atomic E-state index is 12.7. The monoisotopic (exact) mass is 395 g/mol. The number of nitrogens with one attached hydrogen (secondary N) is 1. The Morgan fingerprint density at radius 2 is 2.03 bits per heavy atom. The van der Waals surface area contributed by atoms with Crippen LogP contribution in [0.1, 0.15) is 55.8 Å². The van der Waals surface area contributed by atoms with E-state index in [4.69, 9.17) is 14.2 Å². The lowest BCUT2D eigenvalue weighted by atomic mass is 9.89. The number of benzene rings is 2. The summed E-state index contributed by atoms with van der Waals surface area (Å²) in [4.78, 5) is 12.7. The molecule has 1 amide bonds. The summed E-state index contributed by atoms with van der Waals surface area (Å²) in [5, 5.41) is 3.13. The van der Waals surface area contributed by atoms with Crippen LogP contribution in [0.3, 0.4) is 0 Å². The van der Waals surface area contributed by atoms with Crippen molar-refractivity contribution in [1.82, 2.24) is 5.32 Å². The number of hydrogen-bond donors (Lipinski definition) is 1. The van der Waals surface area contributed by atoms with Gasteiger partial charge >= 0.3 is 0 Å². The number of methoxy groups -OCH3 is 1. The van der Waals surface area contributed by atoms with Crippen LogP contribution in [-0.4, -0.2) is 25.2 Å². The van der Waals surface area contributed by atoms with Gasteiger partial charge in [-0.15, -0.1) is 0 Å². The Morgan fingerprint density at radius 1 is 1.21 bits per heavy atom. The smallest absolute Gasteiger partial charge is 0.258 e. The predicted molar refractivity (Wildman–Crippen MR) is 112 cm³/mol. The van der Waals surface area contributed by atoms with Gasteiger partial charge in [0.1, 0.15) is 22.8 Å². The first-order chi connectivity index (χ1) is 13.9. The third-order valence-corrected chi connectivity index (χ3v) is 5.72. The first-order valence-electron chi connectivity index (χ1n) is 10.3. The Labute approximate surface area is 172 Å². The van der Waals surface area contributed by atoms with E-state index in [-0.39, 0.29) is 24.2 Å². The van der Waals surface area contributed by atoms with Crippen LogP contribution in [0.2, 0.25) is 0 Å². The van der Waals surface area contributed by atoms with E-state index in [1.165, 1.54) is 24.0 Å². The largest absolute Gasteiger partial charge is 0.497 e. The number of hydrogen-bond acceptors (Lipinski definition) is 4. The maximum atomic E-state index is 12.7. The van der Waals surface area contributed by atoms with Crippen molar-refractivity contribution in [3.05, 3.63) is 53.1 Å². The molecule has 2 aromatic carbocycles. The second kappa shape index (κ2) is 7.97. The Hall–Kier alpha value is -2.69. The van der Waals surface area contributed by atoms with Gasteiger partial charge in [0.2, 0.25) is 0 Å². The highest BCUT2D eigenvalue weighted by Crippen LogP contribution is 2.41. The normalized spacial score (nSPS) is 19.3. The molecule has 1 aliphatic heterocycles. The van der Waals surface area contributed by atoms with E-state index in [0.29, 0.717) is 6.42 Å². The van der Waals surface area contributed by atoms with E-state index in [1.54, 1.807) is 7.11 Å². The zero-order valence-electron chi connectivity index (χ0n) is 17.4. The summed E-state index contributed by atoms with van der Waals surface area (Å²) in [6.07, 6.45) is 5.19. The van der Waals surface area contributed by atoms with Gasteiger partial charge in [0.15, 0.2) is 6.61 Å². The molecule has 0 bridgehead atoms. The summed E-state index contributed by atoms with van der Waals surface area (Å²) in [5.74, 6) is 2.24. The van der Waals surface area contributed by atoms with Gasteiger partial charge in [-0.05, 0) is 74.9 Å². The number of carbonyl (C=O) groups is 1. The molecule has 0 spiro atoms. The Balaban J connectivity index is 1.46. The van der Waals surface area contributed by atoms with E-state index in [1.807, 2.05) is 44.2 Å². The molecule has 0 saturated carbocycles. The van der Waals surface area contributed by atoms with E-state index < -0.39 is 0 Å². The van der Waals surface area contributed by atoms with Crippen molar-refractivity contribution < 1.29 is 19.0 Å². The molecule has 0 aromatic heterocycles. The maximum Gasteiger partial charge on any atom is 0.258 e. The predicted octanol–water partition coefficient (Wildman–Crippen LogP) is 4.37. The highest BCUT2D eigenvalue weighted by atomic mass is 16.5. The molecule has 1 aliphatic carbocycles. The topological polar surface area (TPSA) is 56.8 Å². The minimum absolute atomic E-state index is 0.00748. The summed E-state index contributed by atoms with van der Waals surface area (Å²) in [7, 11) is 1.64. The molecular weight excluding hydrogens is 366 g/mol. The van der Waals surface area contributed by atoms with Crippen LogP contribution < -0.4 is 19.5 Å². The number of amides is 1. The average Bonchev–Trinajstić information content (AvgIpc) is 2.71. The molecule has 0 radical (unpaired) electrons. The first kappa shape index (κ1) is 19.6. The second-order valence-electron chi connectivity index (χ2n) is 8.48.